The van der Waals surface area contributed by atoms with Gasteiger partial charge in [-0.2, -0.15) is 0 Å². The van der Waals surface area contributed by atoms with E-state index in [1.54, 1.807) is 0 Å². The van der Waals surface area contributed by atoms with Crippen LogP contribution in [0.2, 0.25) is 0 Å². The van der Waals surface area contributed by atoms with Crippen LogP contribution in [-0.2, 0) is 22.3 Å². The SMILES string of the molecule is CCCCOCCCc1c2c(c3ccccc3c1CCCOCCCC)C(=O)NC2=O. The maximum atomic E-state index is 12.7. The summed E-state index contributed by atoms with van der Waals surface area (Å²) >= 11 is 0. The molecule has 1 aliphatic rings. The number of nitrogens with one attached hydrogen (secondary N) is 1. The normalized spacial score (nSPS) is 13.1. The van der Waals surface area contributed by atoms with Crippen molar-refractivity contribution in [3.05, 3.63) is 46.5 Å². The zero-order valence-corrected chi connectivity index (χ0v) is 18.9. The molecule has 0 saturated heterocycles. The number of aryl methyl sites for hydroxylation is 1. The minimum atomic E-state index is -0.286. The lowest BCUT2D eigenvalue weighted by atomic mass is 9.86. The molecule has 2 amide bonds. The van der Waals surface area contributed by atoms with Gasteiger partial charge in [-0.1, -0.05) is 51.0 Å². The number of rotatable bonds is 14. The van der Waals surface area contributed by atoms with Crippen molar-refractivity contribution in [2.24, 2.45) is 0 Å². The lowest BCUT2D eigenvalue weighted by Gasteiger charge is -2.17. The zero-order valence-electron chi connectivity index (χ0n) is 18.9. The lowest BCUT2D eigenvalue weighted by molar-refractivity contribution is 0.0879. The maximum Gasteiger partial charge on any atom is 0.259 e. The second kappa shape index (κ2) is 12.0. The highest BCUT2D eigenvalue weighted by Gasteiger charge is 2.33. The Morgan fingerprint density at radius 2 is 1.19 bits per heavy atom. The Bertz CT molecular complexity index is 906. The average Bonchev–Trinajstić information content (AvgIpc) is 3.08. The first-order valence-corrected chi connectivity index (χ1v) is 11.8. The molecular formula is C26H35NO4. The molecule has 2 aromatic rings. The molecular weight excluding hydrogens is 390 g/mol. The minimum absolute atomic E-state index is 0.270. The molecule has 168 valence electrons. The standard InChI is InChI=1S/C26H35NO4/c1-3-5-15-30-17-9-13-20-19-11-7-8-12-21(19)23-24(26(29)27-25(23)28)22(20)14-10-18-31-16-6-4-2/h7-8,11-12H,3-6,9-10,13-18H2,1-2H3,(H,27,28,29). The monoisotopic (exact) mass is 425 g/mol. The zero-order chi connectivity index (χ0) is 22.1. The summed E-state index contributed by atoms with van der Waals surface area (Å²) in [6.45, 7) is 7.24. The molecule has 31 heavy (non-hydrogen) atoms. The van der Waals surface area contributed by atoms with Gasteiger partial charge in [-0.05, 0) is 60.4 Å². The first kappa shape index (κ1) is 23.4. The van der Waals surface area contributed by atoms with Crippen molar-refractivity contribution in [1.82, 2.24) is 5.32 Å². The summed E-state index contributed by atoms with van der Waals surface area (Å²) in [7, 11) is 0. The molecule has 0 aromatic heterocycles. The van der Waals surface area contributed by atoms with Gasteiger partial charge < -0.3 is 9.47 Å². The first-order valence-electron chi connectivity index (χ1n) is 11.8. The molecule has 0 radical (unpaired) electrons. The number of hydrogen-bond acceptors (Lipinski definition) is 4. The van der Waals surface area contributed by atoms with Crippen LogP contribution in [0.15, 0.2) is 24.3 Å². The Labute approximate surface area is 185 Å². The van der Waals surface area contributed by atoms with E-state index in [2.05, 4.69) is 25.2 Å². The van der Waals surface area contributed by atoms with Crippen LogP contribution < -0.4 is 5.32 Å². The van der Waals surface area contributed by atoms with Crippen molar-refractivity contribution in [2.75, 3.05) is 26.4 Å². The predicted octanol–water partition coefficient (Wildman–Crippen LogP) is 5.22. The van der Waals surface area contributed by atoms with E-state index in [0.29, 0.717) is 24.3 Å². The Kier molecular flexibility index (Phi) is 9.04. The lowest BCUT2D eigenvalue weighted by Crippen LogP contribution is -2.20. The molecule has 0 unspecified atom stereocenters. The van der Waals surface area contributed by atoms with Crippen LogP contribution in [0, 0.1) is 0 Å². The molecule has 1 N–H and O–H groups in total. The fourth-order valence-corrected chi connectivity index (χ4v) is 4.24. The van der Waals surface area contributed by atoms with Crippen LogP contribution in [0.25, 0.3) is 10.8 Å². The third-order valence-corrected chi connectivity index (χ3v) is 5.83. The quantitative estimate of drug-likeness (QED) is 0.333. The van der Waals surface area contributed by atoms with Crippen LogP contribution in [0.4, 0.5) is 0 Å². The molecule has 5 heteroatoms. The van der Waals surface area contributed by atoms with E-state index in [-0.39, 0.29) is 11.8 Å². The number of carbonyl (C=O) groups is 2. The Hall–Kier alpha value is -2.24. The fourth-order valence-electron chi connectivity index (χ4n) is 4.24. The van der Waals surface area contributed by atoms with Gasteiger partial charge >= 0.3 is 0 Å². The molecule has 1 aliphatic heterocycles. The second-order valence-corrected chi connectivity index (χ2v) is 8.17. The van der Waals surface area contributed by atoms with Crippen LogP contribution in [0.3, 0.4) is 0 Å². The highest BCUT2D eigenvalue weighted by molar-refractivity contribution is 6.27. The molecule has 5 nitrogen and oxygen atoms in total. The third kappa shape index (κ3) is 5.72. The van der Waals surface area contributed by atoms with Gasteiger partial charge in [-0.3, -0.25) is 14.9 Å². The van der Waals surface area contributed by atoms with E-state index in [0.717, 1.165) is 80.9 Å². The minimum Gasteiger partial charge on any atom is -0.381 e. The number of ether oxygens (including phenoxy) is 2. The number of hydrogen-bond donors (Lipinski definition) is 1. The largest absolute Gasteiger partial charge is 0.381 e. The van der Waals surface area contributed by atoms with Gasteiger partial charge in [0.2, 0.25) is 0 Å². The van der Waals surface area contributed by atoms with E-state index in [1.165, 1.54) is 5.56 Å². The van der Waals surface area contributed by atoms with Crippen LogP contribution in [-0.4, -0.2) is 38.2 Å². The Morgan fingerprint density at radius 1 is 0.677 bits per heavy atom. The molecule has 3 rings (SSSR count). The van der Waals surface area contributed by atoms with Crippen molar-refractivity contribution in [3.63, 3.8) is 0 Å². The topological polar surface area (TPSA) is 64.6 Å². The van der Waals surface area contributed by atoms with E-state index in [9.17, 15) is 9.59 Å². The summed E-state index contributed by atoms with van der Waals surface area (Å²) in [5.41, 5.74) is 3.28. The molecule has 0 aliphatic carbocycles. The maximum absolute atomic E-state index is 12.7. The summed E-state index contributed by atoms with van der Waals surface area (Å²) in [4.78, 5) is 25.3. The van der Waals surface area contributed by atoms with Gasteiger partial charge in [0, 0.05) is 26.4 Å². The smallest absolute Gasteiger partial charge is 0.259 e. The third-order valence-electron chi connectivity index (χ3n) is 5.83. The van der Waals surface area contributed by atoms with Gasteiger partial charge in [-0.25, -0.2) is 0 Å². The van der Waals surface area contributed by atoms with Gasteiger partial charge in [0.05, 0.1) is 11.1 Å². The molecule has 0 saturated carbocycles. The van der Waals surface area contributed by atoms with Crippen LogP contribution in [0.1, 0.15) is 84.2 Å². The molecule has 2 aromatic carbocycles. The molecule has 0 atom stereocenters. The summed E-state index contributed by atoms with van der Waals surface area (Å²) in [5.74, 6) is -0.556. The molecule has 0 bridgehead atoms. The van der Waals surface area contributed by atoms with E-state index >= 15 is 0 Å². The number of fused-ring (bicyclic) bond motifs is 3. The molecule has 0 spiro atoms. The predicted molar refractivity (Wildman–Crippen MR) is 124 cm³/mol. The van der Waals surface area contributed by atoms with E-state index in [4.69, 9.17) is 9.47 Å². The Balaban J connectivity index is 1.87. The number of amides is 2. The second-order valence-electron chi connectivity index (χ2n) is 8.17. The van der Waals surface area contributed by atoms with Gasteiger partial charge in [0.15, 0.2) is 0 Å². The highest BCUT2D eigenvalue weighted by Crippen LogP contribution is 2.35. The summed E-state index contributed by atoms with van der Waals surface area (Å²) < 4.78 is 11.5. The molecule has 1 heterocycles. The first-order chi connectivity index (χ1) is 15.2. The summed E-state index contributed by atoms with van der Waals surface area (Å²) in [5, 5.41) is 4.45. The summed E-state index contributed by atoms with van der Waals surface area (Å²) in [6.07, 6.45) is 7.66. The van der Waals surface area contributed by atoms with E-state index in [1.807, 2.05) is 18.2 Å². The van der Waals surface area contributed by atoms with Gasteiger partial charge in [0.1, 0.15) is 0 Å². The van der Waals surface area contributed by atoms with Crippen LogP contribution >= 0.6 is 0 Å². The van der Waals surface area contributed by atoms with Gasteiger partial charge in [-0.15, -0.1) is 0 Å². The Morgan fingerprint density at radius 3 is 1.81 bits per heavy atom. The number of benzene rings is 2. The number of carbonyl (C=O) groups excluding carboxylic acids is 2. The van der Waals surface area contributed by atoms with Crippen molar-refractivity contribution in [2.45, 2.75) is 65.2 Å². The number of imide groups is 1. The van der Waals surface area contributed by atoms with Crippen molar-refractivity contribution < 1.29 is 19.1 Å². The average molecular weight is 426 g/mol. The van der Waals surface area contributed by atoms with Crippen LogP contribution in [0.5, 0.6) is 0 Å². The van der Waals surface area contributed by atoms with Crippen molar-refractivity contribution in [1.29, 1.82) is 0 Å². The highest BCUT2D eigenvalue weighted by atomic mass is 16.5. The molecule has 0 fully saturated rings. The van der Waals surface area contributed by atoms with Gasteiger partial charge in [0.25, 0.3) is 11.8 Å². The fraction of sp³-hybridized carbons (Fsp3) is 0.538. The number of unbranched alkanes of at least 4 members (excludes halogenated alkanes) is 2. The van der Waals surface area contributed by atoms with E-state index < -0.39 is 0 Å². The van der Waals surface area contributed by atoms with Crippen molar-refractivity contribution >= 4 is 22.6 Å². The summed E-state index contributed by atoms with van der Waals surface area (Å²) in [6, 6.07) is 7.95. The van der Waals surface area contributed by atoms with Crippen molar-refractivity contribution in [3.8, 4) is 0 Å².